The summed E-state index contributed by atoms with van der Waals surface area (Å²) in [6.07, 6.45) is 3.50. The molecule has 0 spiro atoms. The monoisotopic (exact) mass is 202 g/mol. The van der Waals surface area contributed by atoms with Gasteiger partial charge in [-0.2, -0.15) is 0 Å². The molecule has 0 fully saturated rings. The van der Waals surface area contributed by atoms with E-state index in [1.807, 2.05) is 42.5 Å². The van der Waals surface area contributed by atoms with E-state index in [2.05, 4.69) is 20.3 Å². The van der Waals surface area contributed by atoms with Crippen LogP contribution in [0.3, 0.4) is 0 Å². The molecule has 0 aliphatic carbocycles. The third kappa shape index (κ3) is 2.69. The van der Waals surface area contributed by atoms with E-state index in [0.717, 1.165) is 11.4 Å². The number of aromatic nitrogens is 1. The second-order valence-electron chi connectivity index (χ2n) is 2.79. The molecule has 1 aliphatic rings. The predicted molar refractivity (Wildman–Crippen MR) is 56.0 cm³/mol. The van der Waals surface area contributed by atoms with Crippen molar-refractivity contribution < 1.29 is 9.88 Å². The van der Waals surface area contributed by atoms with Crippen molar-refractivity contribution in [3.8, 4) is 5.75 Å². The van der Waals surface area contributed by atoms with Crippen LogP contribution in [0.25, 0.3) is 0 Å². The summed E-state index contributed by atoms with van der Waals surface area (Å²) in [4.78, 5) is 12.9. The van der Waals surface area contributed by atoms with Gasteiger partial charge in [-0.15, -0.1) is 0 Å². The van der Waals surface area contributed by atoms with E-state index < -0.39 is 0 Å². The minimum Gasteiger partial charge on any atom is -0.312 e. The highest BCUT2D eigenvalue weighted by Gasteiger charge is 2.09. The molecule has 2 aromatic rings. The van der Waals surface area contributed by atoms with Crippen LogP contribution >= 0.6 is 0 Å². The molecule has 15 heavy (non-hydrogen) atoms. The lowest BCUT2D eigenvalue weighted by Gasteiger charge is -1.86. The lowest BCUT2D eigenvalue weighted by atomic mass is 10.3. The van der Waals surface area contributed by atoms with Crippen LogP contribution in [0.5, 0.6) is 5.75 Å². The summed E-state index contributed by atoms with van der Waals surface area (Å²) in [5.41, 5.74) is 3.45. The Kier molecular flexibility index (Phi) is 3.14. The largest absolute Gasteiger partial charge is 0.312 e. The van der Waals surface area contributed by atoms with E-state index in [1.165, 1.54) is 0 Å². The highest BCUT2D eigenvalue weighted by Crippen LogP contribution is 2.27. The van der Waals surface area contributed by atoms with Gasteiger partial charge < -0.3 is 4.89 Å². The van der Waals surface area contributed by atoms with E-state index in [9.17, 15) is 0 Å². The first-order valence-corrected chi connectivity index (χ1v) is 4.50. The molecule has 2 heterocycles. The van der Waals surface area contributed by atoms with E-state index in [1.54, 1.807) is 12.4 Å². The number of hydrogen-bond acceptors (Lipinski definition) is 4. The number of nitrogens with zero attached hydrogens (tertiary/aromatic N) is 1. The number of para-hydroxylation sites is 2. The van der Waals surface area contributed by atoms with Crippen LogP contribution in [0.1, 0.15) is 0 Å². The topological polar surface area (TPSA) is 43.4 Å². The van der Waals surface area contributed by atoms with Crippen molar-refractivity contribution in [1.82, 2.24) is 4.98 Å². The third-order valence-electron chi connectivity index (χ3n) is 1.74. The fourth-order valence-corrected chi connectivity index (χ4v) is 1.05. The first-order valence-electron chi connectivity index (χ1n) is 4.50. The Hall–Kier alpha value is -2.07. The first-order chi connectivity index (χ1) is 7.47. The lowest BCUT2D eigenvalue weighted by molar-refractivity contribution is -0.160. The van der Waals surface area contributed by atoms with Crippen LogP contribution in [0, 0.1) is 0 Å². The summed E-state index contributed by atoms with van der Waals surface area (Å²) in [6.45, 7) is 0. The van der Waals surface area contributed by atoms with Gasteiger partial charge in [0, 0.05) is 12.4 Å². The van der Waals surface area contributed by atoms with Gasteiger partial charge in [0.1, 0.15) is 5.69 Å². The number of rotatable bonds is 0. The number of benzene rings is 1. The number of fused-ring (bicyclic) bond motifs is 1. The fourth-order valence-electron chi connectivity index (χ4n) is 1.05. The number of hydrogen-bond donors (Lipinski definition) is 1. The van der Waals surface area contributed by atoms with Crippen LogP contribution in [-0.4, -0.2) is 4.98 Å². The minimum atomic E-state index is 0.734. The molecule has 0 bridgehead atoms. The van der Waals surface area contributed by atoms with Crippen LogP contribution < -0.4 is 10.4 Å². The maximum absolute atomic E-state index is 4.69. The maximum atomic E-state index is 4.69. The Morgan fingerprint density at radius 1 is 0.933 bits per heavy atom. The Morgan fingerprint density at radius 3 is 2.33 bits per heavy atom. The second-order valence-corrected chi connectivity index (χ2v) is 2.79. The summed E-state index contributed by atoms with van der Waals surface area (Å²) in [7, 11) is 0. The van der Waals surface area contributed by atoms with Gasteiger partial charge in [0.15, 0.2) is 5.75 Å². The highest BCUT2D eigenvalue weighted by molar-refractivity contribution is 5.55. The van der Waals surface area contributed by atoms with Crippen LogP contribution in [0.15, 0.2) is 54.9 Å². The first kappa shape index (κ1) is 9.48. The quantitative estimate of drug-likeness (QED) is 0.666. The Balaban J connectivity index is 0.000000124. The van der Waals surface area contributed by atoms with Crippen molar-refractivity contribution in [1.29, 1.82) is 0 Å². The van der Waals surface area contributed by atoms with Crippen molar-refractivity contribution in [3.63, 3.8) is 0 Å². The molecule has 76 valence electrons. The SMILES string of the molecule is c1ccc2c(c1)NOO2.c1ccncc1. The Bertz CT molecular complexity index is 357. The van der Waals surface area contributed by atoms with Gasteiger partial charge in [-0.05, 0) is 24.3 Å². The van der Waals surface area contributed by atoms with Gasteiger partial charge in [0.25, 0.3) is 0 Å². The van der Waals surface area contributed by atoms with Gasteiger partial charge in [-0.3, -0.25) is 4.98 Å². The zero-order valence-electron chi connectivity index (χ0n) is 7.96. The van der Waals surface area contributed by atoms with Crippen LogP contribution in [0.4, 0.5) is 5.69 Å². The number of pyridine rings is 1. The standard InChI is InChI=1S/C6H5NO2.C5H5N/c1-2-4-6-5(3-1)7-9-8-6;1-2-4-6-5-3-1/h1-4,7H;1-5H. The normalized spacial score (nSPS) is 11.5. The minimum absolute atomic E-state index is 0.734. The molecule has 4 heteroatoms. The predicted octanol–water partition coefficient (Wildman–Crippen LogP) is 2.42. The average molecular weight is 202 g/mol. The Labute approximate surface area is 87.4 Å². The Morgan fingerprint density at radius 2 is 1.73 bits per heavy atom. The highest BCUT2D eigenvalue weighted by atomic mass is 17.3. The number of nitrogens with one attached hydrogen (secondary N) is 1. The van der Waals surface area contributed by atoms with E-state index in [4.69, 9.17) is 0 Å². The molecule has 3 rings (SSSR count). The number of anilines is 1. The second kappa shape index (κ2) is 4.97. The zero-order valence-corrected chi connectivity index (χ0v) is 7.96. The van der Waals surface area contributed by atoms with E-state index in [0.29, 0.717) is 0 Å². The molecule has 1 N–H and O–H groups in total. The smallest absolute Gasteiger partial charge is 0.193 e. The zero-order chi connectivity index (χ0) is 10.3. The summed E-state index contributed by atoms with van der Waals surface area (Å²) in [5, 5.41) is 0. The molecule has 1 aromatic carbocycles. The van der Waals surface area contributed by atoms with Crippen molar-refractivity contribution in [2.75, 3.05) is 5.48 Å². The lowest BCUT2D eigenvalue weighted by Crippen LogP contribution is -1.91. The van der Waals surface area contributed by atoms with Crippen LogP contribution in [-0.2, 0) is 4.99 Å². The van der Waals surface area contributed by atoms with Gasteiger partial charge >= 0.3 is 0 Å². The van der Waals surface area contributed by atoms with Gasteiger partial charge in [-0.1, -0.05) is 23.2 Å². The molecule has 0 amide bonds. The van der Waals surface area contributed by atoms with Gasteiger partial charge in [0.05, 0.1) is 0 Å². The summed E-state index contributed by atoms with van der Waals surface area (Å²) in [5.74, 6) is 0.734. The molecular formula is C11H10N2O2. The molecule has 0 unspecified atom stereocenters. The van der Waals surface area contributed by atoms with Crippen molar-refractivity contribution in [3.05, 3.63) is 54.9 Å². The maximum Gasteiger partial charge on any atom is 0.193 e. The summed E-state index contributed by atoms with van der Waals surface area (Å²) in [6, 6.07) is 13.2. The van der Waals surface area contributed by atoms with Crippen molar-refractivity contribution in [2.24, 2.45) is 0 Å². The molecule has 0 radical (unpaired) electrons. The van der Waals surface area contributed by atoms with Gasteiger partial charge in [0.2, 0.25) is 0 Å². The summed E-state index contributed by atoms with van der Waals surface area (Å²) < 4.78 is 0. The molecule has 1 aliphatic heterocycles. The van der Waals surface area contributed by atoms with Crippen LogP contribution in [0.2, 0.25) is 0 Å². The molecule has 1 aromatic heterocycles. The van der Waals surface area contributed by atoms with Crippen molar-refractivity contribution >= 4 is 5.69 Å². The molecule has 0 saturated carbocycles. The van der Waals surface area contributed by atoms with Crippen molar-refractivity contribution in [2.45, 2.75) is 0 Å². The molecule has 0 atom stereocenters. The molecular weight excluding hydrogens is 192 g/mol. The van der Waals surface area contributed by atoms with Gasteiger partial charge in [-0.25, -0.2) is 5.48 Å². The molecule has 4 nitrogen and oxygen atoms in total. The fraction of sp³-hybridized carbons (Fsp3) is 0. The average Bonchev–Trinajstić information content (AvgIpc) is 2.80. The van der Waals surface area contributed by atoms with E-state index in [-0.39, 0.29) is 0 Å². The van der Waals surface area contributed by atoms with E-state index >= 15 is 0 Å². The molecule has 0 saturated heterocycles. The third-order valence-corrected chi connectivity index (χ3v) is 1.74. The summed E-state index contributed by atoms with van der Waals surface area (Å²) >= 11 is 0.